The third kappa shape index (κ3) is 4.59. The van der Waals surface area contributed by atoms with E-state index in [1.165, 1.54) is 0 Å². The van der Waals surface area contributed by atoms with Gasteiger partial charge in [-0.3, -0.25) is 14.6 Å². The summed E-state index contributed by atoms with van der Waals surface area (Å²) in [6.07, 6.45) is 1.61. The van der Waals surface area contributed by atoms with Gasteiger partial charge in [0.25, 0.3) is 11.8 Å². The Morgan fingerprint density at radius 3 is 2.25 bits per heavy atom. The number of nitriles is 1. The number of nitrogens with zero attached hydrogens (tertiary/aromatic N) is 2. The maximum absolute atomic E-state index is 12.4. The third-order valence-corrected chi connectivity index (χ3v) is 4.06. The summed E-state index contributed by atoms with van der Waals surface area (Å²) in [5, 5.41) is 14.8. The minimum atomic E-state index is -0.259. The largest absolute Gasteiger partial charge is 0.350 e. The minimum absolute atomic E-state index is 0.184. The lowest BCUT2D eigenvalue weighted by atomic mass is 10.0. The highest BCUT2D eigenvalue weighted by molar-refractivity contribution is 5.96. The van der Waals surface area contributed by atoms with Crippen LogP contribution in [0.1, 0.15) is 26.3 Å². The van der Waals surface area contributed by atoms with Crippen LogP contribution < -0.4 is 10.6 Å². The summed E-state index contributed by atoms with van der Waals surface area (Å²) in [6, 6.07) is 21.3. The molecule has 0 unspecified atom stereocenters. The van der Waals surface area contributed by atoms with E-state index in [2.05, 4.69) is 21.7 Å². The molecule has 6 nitrogen and oxygen atoms in total. The third-order valence-electron chi connectivity index (χ3n) is 4.06. The zero-order valence-corrected chi connectivity index (χ0v) is 15.1. The molecule has 3 rings (SSSR count). The molecule has 0 aliphatic rings. The van der Waals surface area contributed by atoms with E-state index in [-0.39, 0.29) is 11.8 Å². The Kier molecular flexibility index (Phi) is 6.11. The molecule has 0 aliphatic carbocycles. The molecule has 1 heterocycles. The Hall–Kier alpha value is -3.98. The van der Waals surface area contributed by atoms with Crippen LogP contribution in [0.3, 0.4) is 0 Å². The quantitative estimate of drug-likeness (QED) is 0.652. The molecule has 138 valence electrons. The molecule has 2 N–H and O–H groups in total. The van der Waals surface area contributed by atoms with E-state index < -0.39 is 0 Å². The SMILES string of the molecule is N#Cc1cccnc1-c1cccc(C(=O)NCCNC(=O)c2ccccc2)c1. The first-order valence-electron chi connectivity index (χ1n) is 8.76. The number of carbonyl (C=O) groups excluding carboxylic acids is 2. The van der Waals surface area contributed by atoms with E-state index in [0.29, 0.717) is 41.0 Å². The molecule has 0 saturated heterocycles. The van der Waals surface area contributed by atoms with Crippen LogP contribution in [0, 0.1) is 11.3 Å². The molecule has 0 spiro atoms. The van der Waals surface area contributed by atoms with Crippen LogP contribution in [0.5, 0.6) is 0 Å². The van der Waals surface area contributed by atoms with Crippen molar-refractivity contribution in [3.05, 3.63) is 89.6 Å². The number of rotatable bonds is 6. The number of hydrogen-bond donors (Lipinski definition) is 2. The normalized spacial score (nSPS) is 9.96. The molecular formula is C22H18N4O2. The summed E-state index contributed by atoms with van der Waals surface area (Å²) in [6.45, 7) is 0.618. The second kappa shape index (κ2) is 9.10. The van der Waals surface area contributed by atoms with Crippen LogP contribution in [-0.2, 0) is 0 Å². The molecule has 0 saturated carbocycles. The van der Waals surface area contributed by atoms with Crippen molar-refractivity contribution in [1.82, 2.24) is 15.6 Å². The van der Waals surface area contributed by atoms with E-state index in [1.54, 1.807) is 66.9 Å². The van der Waals surface area contributed by atoms with Crippen molar-refractivity contribution in [2.45, 2.75) is 0 Å². The highest BCUT2D eigenvalue weighted by Gasteiger charge is 2.10. The van der Waals surface area contributed by atoms with Gasteiger partial charge in [0.1, 0.15) is 6.07 Å². The Morgan fingerprint density at radius 2 is 1.54 bits per heavy atom. The molecule has 0 radical (unpaired) electrons. The van der Waals surface area contributed by atoms with E-state index in [4.69, 9.17) is 0 Å². The summed E-state index contributed by atoms with van der Waals surface area (Å²) >= 11 is 0. The van der Waals surface area contributed by atoms with Crippen LogP contribution in [0.15, 0.2) is 72.9 Å². The van der Waals surface area contributed by atoms with Gasteiger partial charge in [0.2, 0.25) is 0 Å². The summed E-state index contributed by atoms with van der Waals surface area (Å²) in [7, 11) is 0. The van der Waals surface area contributed by atoms with Crippen LogP contribution in [0.4, 0.5) is 0 Å². The molecule has 2 aromatic carbocycles. The minimum Gasteiger partial charge on any atom is -0.350 e. The lowest BCUT2D eigenvalue weighted by Gasteiger charge is -2.09. The van der Waals surface area contributed by atoms with Crippen LogP contribution >= 0.6 is 0 Å². The molecule has 1 aromatic heterocycles. The number of pyridine rings is 1. The second-order valence-corrected chi connectivity index (χ2v) is 5.97. The Bertz CT molecular complexity index is 1030. The number of hydrogen-bond acceptors (Lipinski definition) is 4. The number of aromatic nitrogens is 1. The van der Waals surface area contributed by atoms with Gasteiger partial charge in [0.15, 0.2) is 0 Å². The lowest BCUT2D eigenvalue weighted by Crippen LogP contribution is -2.34. The Labute approximate surface area is 162 Å². The van der Waals surface area contributed by atoms with Gasteiger partial charge in [-0.25, -0.2) is 0 Å². The number of nitrogens with one attached hydrogen (secondary N) is 2. The van der Waals surface area contributed by atoms with E-state index in [9.17, 15) is 14.9 Å². The van der Waals surface area contributed by atoms with Crippen molar-refractivity contribution in [2.75, 3.05) is 13.1 Å². The van der Waals surface area contributed by atoms with Gasteiger partial charge in [-0.2, -0.15) is 5.26 Å². The maximum Gasteiger partial charge on any atom is 0.251 e. The second-order valence-electron chi connectivity index (χ2n) is 5.97. The highest BCUT2D eigenvalue weighted by Crippen LogP contribution is 2.21. The van der Waals surface area contributed by atoms with Gasteiger partial charge < -0.3 is 10.6 Å². The zero-order valence-electron chi connectivity index (χ0n) is 15.1. The number of carbonyl (C=O) groups is 2. The van der Waals surface area contributed by atoms with Gasteiger partial charge in [-0.15, -0.1) is 0 Å². The monoisotopic (exact) mass is 370 g/mol. The molecule has 0 atom stereocenters. The molecule has 28 heavy (non-hydrogen) atoms. The summed E-state index contributed by atoms with van der Waals surface area (Å²) < 4.78 is 0. The molecule has 3 aromatic rings. The van der Waals surface area contributed by atoms with Gasteiger partial charge >= 0.3 is 0 Å². The fourth-order valence-electron chi connectivity index (χ4n) is 2.68. The highest BCUT2D eigenvalue weighted by atomic mass is 16.2. The van der Waals surface area contributed by atoms with Crippen molar-refractivity contribution >= 4 is 11.8 Å². The van der Waals surface area contributed by atoms with Crippen molar-refractivity contribution in [1.29, 1.82) is 5.26 Å². The topological polar surface area (TPSA) is 94.9 Å². The van der Waals surface area contributed by atoms with E-state index in [0.717, 1.165) is 0 Å². The summed E-state index contributed by atoms with van der Waals surface area (Å²) in [5.74, 6) is -0.443. The predicted molar refractivity (Wildman–Crippen MR) is 105 cm³/mol. The van der Waals surface area contributed by atoms with E-state index >= 15 is 0 Å². The lowest BCUT2D eigenvalue weighted by molar-refractivity contribution is 0.0927. The molecule has 0 bridgehead atoms. The van der Waals surface area contributed by atoms with Crippen molar-refractivity contribution in [2.24, 2.45) is 0 Å². The van der Waals surface area contributed by atoms with Gasteiger partial charge in [-0.1, -0.05) is 30.3 Å². The molecular weight excluding hydrogens is 352 g/mol. The first-order valence-corrected chi connectivity index (χ1v) is 8.76. The molecule has 0 aliphatic heterocycles. The van der Waals surface area contributed by atoms with Crippen LogP contribution in [0.2, 0.25) is 0 Å². The first-order chi connectivity index (χ1) is 13.7. The molecule has 0 fully saturated rings. The average molecular weight is 370 g/mol. The summed E-state index contributed by atoms with van der Waals surface area (Å²) in [4.78, 5) is 28.6. The first kappa shape index (κ1) is 18.8. The molecule has 2 amide bonds. The van der Waals surface area contributed by atoms with E-state index in [1.807, 2.05) is 6.07 Å². The van der Waals surface area contributed by atoms with Crippen LogP contribution in [0.25, 0.3) is 11.3 Å². The van der Waals surface area contributed by atoms with Crippen LogP contribution in [-0.4, -0.2) is 29.9 Å². The van der Waals surface area contributed by atoms with Gasteiger partial charge in [0.05, 0.1) is 11.3 Å². The van der Waals surface area contributed by atoms with Crippen molar-refractivity contribution in [3.63, 3.8) is 0 Å². The standard InChI is InChI=1S/C22H18N4O2/c23-15-19-10-5-11-24-20(19)17-8-4-9-18(14-17)22(28)26-13-12-25-21(27)16-6-2-1-3-7-16/h1-11,14H,12-13H2,(H,25,27)(H,26,28). The maximum atomic E-state index is 12.4. The number of benzene rings is 2. The fraction of sp³-hybridized carbons (Fsp3) is 0.0909. The Morgan fingerprint density at radius 1 is 0.857 bits per heavy atom. The van der Waals surface area contributed by atoms with Crippen molar-refractivity contribution < 1.29 is 9.59 Å². The predicted octanol–water partition coefficient (Wildman–Crippen LogP) is 2.78. The summed E-state index contributed by atoms with van der Waals surface area (Å²) in [5.41, 5.74) is 2.72. The number of amides is 2. The van der Waals surface area contributed by atoms with Gasteiger partial charge in [0, 0.05) is 36.0 Å². The smallest absolute Gasteiger partial charge is 0.251 e. The van der Waals surface area contributed by atoms with Gasteiger partial charge in [-0.05, 0) is 36.4 Å². The fourth-order valence-corrected chi connectivity index (χ4v) is 2.68. The average Bonchev–Trinajstić information content (AvgIpc) is 2.77. The van der Waals surface area contributed by atoms with Crippen molar-refractivity contribution in [3.8, 4) is 17.3 Å². The zero-order chi connectivity index (χ0) is 19.8. The Balaban J connectivity index is 1.58. The molecule has 6 heteroatoms.